The van der Waals surface area contributed by atoms with Crippen LogP contribution in [0.25, 0.3) is 0 Å². The fourth-order valence-corrected chi connectivity index (χ4v) is 1.49. The van der Waals surface area contributed by atoms with Gasteiger partial charge in [-0.25, -0.2) is 0 Å². The Labute approximate surface area is 140 Å². The van der Waals surface area contributed by atoms with Crippen molar-refractivity contribution in [3.05, 3.63) is 37.0 Å². The van der Waals surface area contributed by atoms with Crippen molar-refractivity contribution in [3.8, 4) is 0 Å². The van der Waals surface area contributed by atoms with E-state index in [9.17, 15) is 0 Å². The predicted octanol–water partition coefficient (Wildman–Crippen LogP) is 4.30. The lowest BCUT2D eigenvalue weighted by Crippen LogP contribution is -2.01. The molecule has 18 heavy (non-hydrogen) atoms. The predicted molar refractivity (Wildman–Crippen MR) is 99.9 cm³/mol. The molecule has 0 saturated heterocycles. The van der Waals surface area contributed by atoms with Crippen molar-refractivity contribution in [1.29, 1.82) is 0 Å². The van der Waals surface area contributed by atoms with E-state index in [2.05, 4.69) is 63.9 Å². The third-order valence-corrected chi connectivity index (χ3v) is 3.06. The number of alkyl halides is 2. The van der Waals surface area contributed by atoms with E-state index >= 15 is 0 Å². The average Bonchev–Trinajstić information content (AvgIpc) is 2.40. The number of halogens is 2. The van der Waals surface area contributed by atoms with Crippen molar-refractivity contribution in [2.24, 2.45) is 0 Å². The van der Waals surface area contributed by atoms with Gasteiger partial charge in [0.2, 0.25) is 0 Å². The van der Waals surface area contributed by atoms with Crippen LogP contribution < -0.4 is 0 Å². The molecule has 0 rings (SSSR count). The molecule has 0 saturated carbocycles. The first-order valence-electron chi connectivity index (χ1n) is 5.89. The van der Waals surface area contributed by atoms with Crippen LogP contribution in [0.4, 0.5) is 0 Å². The Hall–Kier alpha value is 0.600. The van der Waals surface area contributed by atoms with Crippen LogP contribution in [0.1, 0.15) is 26.7 Å². The van der Waals surface area contributed by atoms with Gasteiger partial charge in [0.15, 0.2) is 0 Å². The molecule has 0 radical (unpaired) electrons. The highest BCUT2D eigenvalue weighted by molar-refractivity contribution is 14.1. The topological polar surface area (TPSA) is 40.5 Å². The van der Waals surface area contributed by atoms with Crippen LogP contribution in [-0.2, 0) is 0 Å². The molecule has 0 aliphatic carbocycles. The Bertz CT molecular complexity index is 192. The highest BCUT2D eigenvalue weighted by Crippen LogP contribution is 2.07. The number of rotatable bonds is 6. The minimum atomic E-state index is 0.0833. The third-order valence-electron chi connectivity index (χ3n) is 1.53. The maximum atomic E-state index is 8.60. The lowest BCUT2D eigenvalue weighted by molar-refractivity contribution is 0.296. The molecular formula is C14H26I2O2. The first kappa shape index (κ1) is 23.7. The van der Waals surface area contributed by atoms with Crippen molar-refractivity contribution >= 4 is 45.2 Å². The van der Waals surface area contributed by atoms with Crippen molar-refractivity contribution in [1.82, 2.24) is 0 Å². The molecule has 0 fully saturated rings. The zero-order valence-electron chi connectivity index (χ0n) is 11.4. The van der Waals surface area contributed by atoms with Gasteiger partial charge in [0.1, 0.15) is 0 Å². The molecule has 4 heteroatoms. The summed E-state index contributed by atoms with van der Waals surface area (Å²) < 4.78 is 1.56. The Morgan fingerprint density at radius 3 is 1.89 bits per heavy atom. The molecule has 0 aliphatic rings. The largest absolute Gasteiger partial charge is 0.395 e. The highest BCUT2D eigenvalue weighted by Gasteiger charge is 1.97. The molecule has 0 amide bonds. The SMILES string of the molecule is C/C=C/CCC(I)CO.C/C=C/CI.C=CCO. The van der Waals surface area contributed by atoms with Crippen molar-refractivity contribution in [3.63, 3.8) is 0 Å². The number of allylic oxidation sites excluding steroid dienone is 4. The van der Waals surface area contributed by atoms with Crippen LogP contribution in [0.3, 0.4) is 0 Å². The molecule has 1 unspecified atom stereocenters. The van der Waals surface area contributed by atoms with E-state index in [1.165, 1.54) is 6.08 Å². The van der Waals surface area contributed by atoms with E-state index in [0.29, 0.717) is 10.5 Å². The second-order valence-corrected chi connectivity index (χ2v) is 5.76. The minimum absolute atomic E-state index is 0.0833. The first-order valence-corrected chi connectivity index (χ1v) is 8.66. The van der Waals surface area contributed by atoms with E-state index in [0.717, 1.165) is 17.3 Å². The van der Waals surface area contributed by atoms with Crippen molar-refractivity contribution < 1.29 is 10.2 Å². The number of aliphatic hydroxyl groups excluding tert-OH is 2. The maximum Gasteiger partial charge on any atom is 0.0609 e. The second-order valence-electron chi connectivity index (χ2n) is 3.12. The zero-order valence-corrected chi connectivity index (χ0v) is 15.7. The summed E-state index contributed by atoms with van der Waals surface area (Å²) in [4.78, 5) is 0. The number of hydrogen-bond donors (Lipinski definition) is 2. The number of hydrogen-bond acceptors (Lipinski definition) is 2. The standard InChI is InChI=1S/C7H13IO.C4H7I.C3H6O/c1-2-3-4-5-7(8)6-9;1-2-3-4-5;1-2-3-4/h2-3,7,9H,4-6H2,1H3;2-3H,4H2,1H3;2,4H,1,3H2/b2*3-2+;. The van der Waals surface area contributed by atoms with Crippen LogP contribution in [0, 0.1) is 0 Å². The van der Waals surface area contributed by atoms with Gasteiger partial charge in [-0.1, -0.05) is 75.6 Å². The lowest BCUT2D eigenvalue weighted by Gasteiger charge is -2.00. The fourth-order valence-electron chi connectivity index (χ4n) is 0.624. The van der Waals surface area contributed by atoms with Gasteiger partial charge in [-0.2, -0.15) is 0 Å². The van der Waals surface area contributed by atoms with Gasteiger partial charge in [0.05, 0.1) is 13.2 Å². The van der Waals surface area contributed by atoms with Crippen molar-refractivity contribution in [2.45, 2.75) is 30.6 Å². The third kappa shape index (κ3) is 36.0. The van der Waals surface area contributed by atoms with E-state index in [-0.39, 0.29) is 6.61 Å². The van der Waals surface area contributed by atoms with Gasteiger partial charge in [0, 0.05) is 8.35 Å². The summed E-state index contributed by atoms with van der Waals surface area (Å²) in [5.41, 5.74) is 0. The average molecular weight is 480 g/mol. The molecule has 0 aliphatic heterocycles. The Balaban J connectivity index is -0.000000212. The lowest BCUT2D eigenvalue weighted by atomic mass is 10.2. The summed E-state index contributed by atoms with van der Waals surface area (Å²) in [7, 11) is 0. The molecule has 0 aromatic heterocycles. The zero-order chi connectivity index (χ0) is 14.6. The van der Waals surface area contributed by atoms with E-state index < -0.39 is 0 Å². The molecule has 2 N–H and O–H groups in total. The summed E-state index contributed by atoms with van der Waals surface area (Å²) in [5.74, 6) is 0. The molecule has 1 atom stereocenters. The quantitative estimate of drug-likeness (QED) is 0.338. The summed E-state index contributed by atoms with van der Waals surface area (Å²) >= 11 is 4.56. The molecule has 108 valence electrons. The van der Waals surface area contributed by atoms with Crippen LogP contribution in [0.2, 0.25) is 0 Å². The van der Waals surface area contributed by atoms with Gasteiger partial charge < -0.3 is 10.2 Å². The molecule has 0 aromatic carbocycles. The molecule has 0 bridgehead atoms. The normalized spacial score (nSPS) is 11.4. The summed E-state index contributed by atoms with van der Waals surface area (Å²) in [5, 5.41) is 16.4. The van der Waals surface area contributed by atoms with E-state index in [1.807, 2.05) is 26.0 Å². The van der Waals surface area contributed by atoms with E-state index in [1.54, 1.807) is 0 Å². The Kier molecular flexibility index (Phi) is 34.5. The van der Waals surface area contributed by atoms with Crippen LogP contribution in [0.5, 0.6) is 0 Å². The Morgan fingerprint density at radius 1 is 1.17 bits per heavy atom. The van der Waals surface area contributed by atoms with Crippen LogP contribution in [-0.4, -0.2) is 31.8 Å². The van der Waals surface area contributed by atoms with Gasteiger partial charge >= 0.3 is 0 Å². The molecule has 0 aromatic rings. The first-order chi connectivity index (χ1) is 8.64. The van der Waals surface area contributed by atoms with Gasteiger partial charge in [-0.3, -0.25) is 0 Å². The van der Waals surface area contributed by atoms with Crippen molar-refractivity contribution in [2.75, 3.05) is 17.6 Å². The molecule has 2 nitrogen and oxygen atoms in total. The highest BCUT2D eigenvalue weighted by atomic mass is 127. The van der Waals surface area contributed by atoms with Gasteiger partial charge in [-0.05, 0) is 26.7 Å². The molecular weight excluding hydrogens is 454 g/mol. The van der Waals surface area contributed by atoms with Gasteiger partial charge in [-0.15, -0.1) is 6.58 Å². The van der Waals surface area contributed by atoms with Crippen LogP contribution in [0.15, 0.2) is 37.0 Å². The summed E-state index contributed by atoms with van der Waals surface area (Å²) in [6.07, 6.45) is 11.9. The second kappa shape index (κ2) is 26.2. The van der Waals surface area contributed by atoms with Crippen LogP contribution >= 0.6 is 45.2 Å². The molecule has 0 heterocycles. The maximum absolute atomic E-state index is 8.60. The van der Waals surface area contributed by atoms with E-state index in [4.69, 9.17) is 10.2 Å². The fraction of sp³-hybridized carbons (Fsp3) is 0.571. The summed E-state index contributed by atoms with van der Waals surface area (Å²) in [6.45, 7) is 7.66. The smallest absolute Gasteiger partial charge is 0.0609 e. The van der Waals surface area contributed by atoms with Gasteiger partial charge in [0.25, 0.3) is 0 Å². The Morgan fingerprint density at radius 2 is 1.67 bits per heavy atom. The molecule has 0 spiro atoms. The minimum Gasteiger partial charge on any atom is -0.395 e. The number of aliphatic hydroxyl groups is 2. The summed E-state index contributed by atoms with van der Waals surface area (Å²) in [6, 6.07) is 0. The monoisotopic (exact) mass is 480 g/mol.